The predicted octanol–water partition coefficient (Wildman–Crippen LogP) is 2.43. The summed E-state index contributed by atoms with van der Waals surface area (Å²) in [6.07, 6.45) is 1.35. The third-order valence-corrected chi connectivity index (χ3v) is 1.15. The number of rotatable bonds is 0. The van der Waals surface area contributed by atoms with Crippen LogP contribution in [-0.4, -0.2) is 4.98 Å². The molecule has 0 aliphatic carbocycles. The van der Waals surface area contributed by atoms with Gasteiger partial charge in [0.15, 0.2) is 0 Å². The van der Waals surface area contributed by atoms with E-state index in [1.807, 2.05) is 13.8 Å². The Hall–Kier alpha value is -1.43. The van der Waals surface area contributed by atoms with Crippen LogP contribution in [-0.2, 0) is 0 Å². The zero-order valence-electron chi connectivity index (χ0n) is 7.43. The van der Waals surface area contributed by atoms with E-state index in [0.717, 1.165) is 0 Å². The van der Waals surface area contributed by atoms with Crippen LogP contribution in [0.1, 0.15) is 25.1 Å². The van der Waals surface area contributed by atoms with Gasteiger partial charge in [-0.3, -0.25) is 4.98 Å². The smallest absolute Gasteiger partial charge is 0.145 e. The van der Waals surface area contributed by atoms with Crippen molar-refractivity contribution in [2.45, 2.75) is 20.8 Å². The average molecular weight is 166 g/mol. The largest absolute Gasteiger partial charge is 0.257 e. The summed E-state index contributed by atoms with van der Waals surface area (Å²) in [6.45, 7) is 5.55. The molecule has 0 bridgehead atoms. The maximum absolute atomic E-state index is 12.6. The van der Waals surface area contributed by atoms with Crippen molar-refractivity contribution in [1.82, 2.24) is 4.98 Å². The highest BCUT2D eigenvalue weighted by Gasteiger charge is 1.97. The Morgan fingerprint density at radius 3 is 2.50 bits per heavy atom. The van der Waals surface area contributed by atoms with E-state index in [4.69, 9.17) is 5.26 Å². The van der Waals surface area contributed by atoms with E-state index in [0.29, 0.717) is 5.69 Å². The number of nitriles is 1. The van der Waals surface area contributed by atoms with Crippen LogP contribution in [0.15, 0.2) is 12.3 Å². The van der Waals surface area contributed by atoms with Crippen LogP contribution in [0.2, 0.25) is 0 Å². The Morgan fingerprint density at radius 1 is 1.50 bits per heavy atom. The van der Waals surface area contributed by atoms with E-state index in [1.54, 1.807) is 13.0 Å². The van der Waals surface area contributed by atoms with E-state index in [2.05, 4.69) is 4.98 Å². The second-order valence-corrected chi connectivity index (χ2v) is 1.90. The lowest BCUT2D eigenvalue weighted by atomic mass is 10.3. The van der Waals surface area contributed by atoms with Gasteiger partial charge in [0.25, 0.3) is 0 Å². The van der Waals surface area contributed by atoms with Crippen molar-refractivity contribution in [2.24, 2.45) is 0 Å². The van der Waals surface area contributed by atoms with Gasteiger partial charge in [-0.25, -0.2) is 4.39 Å². The normalized spacial score (nSPS) is 7.92. The van der Waals surface area contributed by atoms with Gasteiger partial charge in [-0.1, -0.05) is 13.8 Å². The summed E-state index contributed by atoms with van der Waals surface area (Å²) in [7, 11) is 0. The highest BCUT2D eigenvalue weighted by atomic mass is 19.1. The maximum Gasteiger partial charge on any atom is 0.145 e. The quantitative estimate of drug-likeness (QED) is 0.593. The summed E-state index contributed by atoms with van der Waals surface area (Å²) < 4.78 is 12.6. The van der Waals surface area contributed by atoms with Crippen molar-refractivity contribution in [3.05, 3.63) is 29.3 Å². The molecule has 0 saturated heterocycles. The van der Waals surface area contributed by atoms with Crippen LogP contribution in [0.25, 0.3) is 0 Å². The van der Waals surface area contributed by atoms with E-state index in [-0.39, 0.29) is 5.56 Å². The third-order valence-electron chi connectivity index (χ3n) is 1.15. The summed E-state index contributed by atoms with van der Waals surface area (Å²) in [4.78, 5) is 3.65. The molecule has 0 fully saturated rings. The monoisotopic (exact) mass is 166 g/mol. The Bertz CT molecular complexity index is 289. The van der Waals surface area contributed by atoms with Gasteiger partial charge in [-0.15, -0.1) is 0 Å². The van der Waals surface area contributed by atoms with Crippen molar-refractivity contribution in [2.75, 3.05) is 0 Å². The average Bonchev–Trinajstić information content (AvgIpc) is 2.13. The Morgan fingerprint density at radius 2 is 2.08 bits per heavy atom. The number of hydrogen-bond donors (Lipinski definition) is 0. The highest BCUT2D eigenvalue weighted by Crippen LogP contribution is 2.03. The number of aromatic nitrogens is 1. The molecule has 0 aliphatic heterocycles. The Labute approximate surface area is 71.7 Å². The predicted molar refractivity (Wildman–Crippen MR) is 45.0 cm³/mol. The fourth-order valence-electron chi connectivity index (χ4n) is 0.567. The minimum Gasteiger partial charge on any atom is -0.257 e. The van der Waals surface area contributed by atoms with E-state index in [9.17, 15) is 4.39 Å². The molecule has 2 nitrogen and oxygen atoms in total. The molecule has 1 rings (SSSR count). The lowest BCUT2D eigenvalue weighted by Crippen LogP contribution is -1.88. The van der Waals surface area contributed by atoms with Crippen molar-refractivity contribution < 1.29 is 4.39 Å². The molecule has 64 valence electrons. The van der Waals surface area contributed by atoms with Gasteiger partial charge in [0.05, 0.1) is 11.3 Å². The van der Waals surface area contributed by atoms with Crippen molar-refractivity contribution >= 4 is 0 Å². The van der Waals surface area contributed by atoms with Gasteiger partial charge < -0.3 is 0 Å². The van der Waals surface area contributed by atoms with Gasteiger partial charge in [0.2, 0.25) is 0 Å². The molecule has 0 N–H and O–H groups in total. The molecule has 0 aromatic carbocycles. The Balaban J connectivity index is 0.000000561. The second kappa shape index (κ2) is 5.25. The maximum atomic E-state index is 12.6. The second-order valence-electron chi connectivity index (χ2n) is 1.90. The van der Waals surface area contributed by atoms with E-state index in [1.165, 1.54) is 12.3 Å². The molecule has 0 saturated carbocycles. The number of hydrogen-bond acceptors (Lipinski definition) is 2. The SMILES string of the molecule is CC.Cc1ncc(C#N)cc1F. The van der Waals surface area contributed by atoms with Crippen LogP contribution in [0.5, 0.6) is 0 Å². The molecule has 1 heterocycles. The number of nitrogens with zero attached hydrogens (tertiary/aromatic N) is 2. The Kier molecular flexibility index (Phi) is 4.62. The minimum atomic E-state index is -0.431. The van der Waals surface area contributed by atoms with Crippen molar-refractivity contribution in [3.8, 4) is 6.07 Å². The molecule has 1 aromatic rings. The van der Waals surface area contributed by atoms with Gasteiger partial charge in [-0.05, 0) is 13.0 Å². The summed E-state index contributed by atoms with van der Waals surface area (Å²) in [5.74, 6) is -0.431. The first-order chi connectivity index (χ1) is 5.74. The molecule has 0 radical (unpaired) electrons. The standard InChI is InChI=1S/C7H5FN2.C2H6/c1-5-7(8)2-6(3-9)4-10-5;1-2/h2,4H,1H3;1-2H3. The molecule has 0 unspecified atom stereocenters. The number of halogens is 1. The lowest BCUT2D eigenvalue weighted by Gasteiger charge is -1.92. The molecule has 3 heteroatoms. The van der Waals surface area contributed by atoms with Crippen molar-refractivity contribution in [1.29, 1.82) is 5.26 Å². The molecular weight excluding hydrogens is 155 g/mol. The third kappa shape index (κ3) is 2.67. The lowest BCUT2D eigenvalue weighted by molar-refractivity contribution is 0.609. The minimum absolute atomic E-state index is 0.253. The summed E-state index contributed by atoms with van der Waals surface area (Å²) in [6, 6.07) is 2.96. The van der Waals surface area contributed by atoms with Crippen molar-refractivity contribution in [3.63, 3.8) is 0 Å². The van der Waals surface area contributed by atoms with Gasteiger partial charge >= 0.3 is 0 Å². The molecule has 0 aliphatic rings. The molecule has 0 amide bonds. The van der Waals surface area contributed by atoms with Gasteiger partial charge in [-0.2, -0.15) is 5.26 Å². The fourth-order valence-corrected chi connectivity index (χ4v) is 0.567. The zero-order chi connectivity index (χ0) is 9.56. The van der Waals surface area contributed by atoms with Gasteiger partial charge in [0.1, 0.15) is 11.9 Å². The molecule has 12 heavy (non-hydrogen) atoms. The van der Waals surface area contributed by atoms with Crippen LogP contribution >= 0.6 is 0 Å². The fraction of sp³-hybridized carbons (Fsp3) is 0.333. The topological polar surface area (TPSA) is 36.7 Å². The van der Waals surface area contributed by atoms with Gasteiger partial charge in [0, 0.05) is 6.20 Å². The summed E-state index contributed by atoms with van der Waals surface area (Å²) in [5.41, 5.74) is 0.571. The molecule has 1 aromatic heterocycles. The zero-order valence-corrected chi connectivity index (χ0v) is 7.43. The first-order valence-electron chi connectivity index (χ1n) is 3.76. The highest BCUT2D eigenvalue weighted by molar-refractivity contribution is 5.26. The number of pyridine rings is 1. The van der Waals surface area contributed by atoms with E-state index < -0.39 is 5.82 Å². The first-order valence-corrected chi connectivity index (χ1v) is 3.76. The van der Waals surface area contributed by atoms with Crippen LogP contribution in [0, 0.1) is 24.1 Å². The first kappa shape index (κ1) is 10.6. The molecular formula is C9H11FN2. The van der Waals surface area contributed by atoms with Crippen LogP contribution in [0.3, 0.4) is 0 Å². The summed E-state index contributed by atoms with van der Waals surface area (Å²) in [5, 5.41) is 8.30. The number of aryl methyl sites for hydroxylation is 1. The van der Waals surface area contributed by atoms with Crippen LogP contribution < -0.4 is 0 Å². The molecule has 0 spiro atoms. The van der Waals surface area contributed by atoms with E-state index >= 15 is 0 Å². The summed E-state index contributed by atoms with van der Waals surface area (Å²) >= 11 is 0. The molecule has 0 atom stereocenters. The van der Waals surface area contributed by atoms with Crippen LogP contribution in [0.4, 0.5) is 4.39 Å².